The van der Waals surface area contributed by atoms with E-state index in [4.69, 9.17) is 4.74 Å². The molecule has 3 amide bonds. The highest BCUT2D eigenvalue weighted by Gasteiger charge is 2.49. The fourth-order valence-corrected chi connectivity index (χ4v) is 4.34. The standard InChI is InChI=1S/C24H22N4O3/c29-22-24(11-15-28(16-12-24)23(30)26-17-9-13-25-14-10-17)19-7-4-8-20(21(19)27-22)31-18-5-2-1-3-6-18/h1-10,13-14H,11-12,15-16H2,(H,27,29)(H,25,26,30). The van der Waals surface area contributed by atoms with Crippen LogP contribution in [0, 0.1) is 0 Å². The minimum atomic E-state index is -0.640. The molecular formula is C24H22N4O3. The fraction of sp³-hybridized carbons (Fsp3) is 0.208. The molecule has 3 aromatic rings. The van der Waals surface area contributed by atoms with E-state index in [0.29, 0.717) is 43.1 Å². The second kappa shape index (κ2) is 7.75. The van der Waals surface area contributed by atoms with Crippen LogP contribution < -0.4 is 15.4 Å². The number of carbonyl (C=O) groups excluding carboxylic acids is 2. The van der Waals surface area contributed by atoms with Crippen LogP contribution >= 0.6 is 0 Å². The smallest absolute Gasteiger partial charge is 0.321 e. The Bertz CT molecular complexity index is 1110. The Labute approximate surface area is 180 Å². The first-order valence-electron chi connectivity index (χ1n) is 10.3. The number of ether oxygens (including phenoxy) is 1. The molecule has 31 heavy (non-hydrogen) atoms. The van der Waals surface area contributed by atoms with Crippen molar-refractivity contribution in [2.75, 3.05) is 23.7 Å². The summed E-state index contributed by atoms with van der Waals surface area (Å²) >= 11 is 0. The highest BCUT2D eigenvalue weighted by atomic mass is 16.5. The number of aromatic nitrogens is 1. The zero-order chi connectivity index (χ0) is 21.3. The van der Waals surface area contributed by atoms with Crippen LogP contribution in [0.25, 0.3) is 0 Å². The lowest BCUT2D eigenvalue weighted by Gasteiger charge is -2.37. The number of nitrogens with zero attached hydrogens (tertiary/aromatic N) is 2. The van der Waals surface area contributed by atoms with Crippen molar-refractivity contribution in [3.8, 4) is 11.5 Å². The van der Waals surface area contributed by atoms with Gasteiger partial charge in [0.1, 0.15) is 5.75 Å². The number of anilines is 2. The molecule has 0 aliphatic carbocycles. The SMILES string of the molecule is O=C(Nc1ccncc1)N1CCC2(CC1)C(=O)Nc1c(Oc3ccccc3)cccc12. The number of piperidine rings is 1. The number of urea groups is 1. The Morgan fingerprint density at radius 2 is 1.74 bits per heavy atom. The van der Waals surface area contributed by atoms with Crippen molar-refractivity contribution in [3.05, 3.63) is 78.6 Å². The Kier molecular flexibility index (Phi) is 4.78. The van der Waals surface area contributed by atoms with Crippen molar-refractivity contribution in [1.29, 1.82) is 0 Å². The van der Waals surface area contributed by atoms with Gasteiger partial charge in [-0.25, -0.2) is 4.79 Å². The average molecular weight is 414 g/mol. The molecular weight excluding hydrogens is 392 g/mol. The van der Waals surface area contributed by atoms with Gasteiger partial charge in [-0.1, -0.05) is 30.3 Å². The molecule has 0 radical (unpaired) electrons. The van der Waals surface area contributed by atoms with E-state index in [9.17, 15) is 9.59 Å². The van der Waals surface area contributed by atoms with Gasteiger partial charge in [-0.05, 0) is 48.7 Å². The van der Waals surface area contributed by atoms with Crippen LogP contribution in [0.5, 0.6) is 11.5 Å². The van der Waals surface area contributed by atoms with Crippen molar-refractivity contribution in [1.82, 2.24) is 9.88 Å². The lowest BCUT2D eigenvalue weighted by molar-refractivity contribution is -0.122. The third-order valence-electron chi connectivity index (χ3n) is 6.02. The summed E-state index contributed by atoms with van der Waals surface area (Å²) in [5.41, 5.74) is 1.73. The van der Waals surface area contributed by atoms with E-state index >= 15 is 0 Å². The van der Waals surface area contributed by atoms with Gasteiger partial charge in [-0.2, -0.15) is 0 Å². The maximum Gasteiger partial charge on any atom is 0.321 e. The Balaban J connectivity index is 1.34. The third-order valence-corrected chi connectivity index (χ3v) is 6.02. The van der Waals surface area contributed by atoms with Gasteiger partial charge in [0, 0.05) is 31.2 Å². The summed E-state index contributed by atoms with van der Waals surface area (Å²) in [4.78, 5) is 31.4. The zero-order valence-electron chi connectivity index (χ0n) is 16.9. The van der Waals surface area contributed by atoms with Crippen molar-refractivity contribution < 1.29 is 14.3 Å². The highest BCUT2D eigenvalue weighted by Crippen LogP contribution is 2.49. The van der Waals surface area contributed by atoms with Crippen LogP contribution in [0.4, 0.5) is 16.2 Å². The number of carbonyl (C=O) groups is 2. The Morgan fingerprint density at radius 3 is 2.48 bits per heavy atom. The molecule has 0 saturated carbocycles. The molecule has 0 atom stereocenters. The van der Waals surface area contributed by atoms with Crippen LogP contribution in [-0.2, 0) is 10.2 Å². The number of para-hydroxylation sites is 2. The van der Waals surface area contributed by atoms with E-state index in [0.717, 1.165) is 11.3 Å². The lowest BCUT2D eigenvalue weighted by atomic mass is 9.73. The van der Waals surface area contributed by atoms with Crippen molar-refractivity contribution in [3.63, 3.8) is 0 Å². The average Bonchev–Trinajstić information content (AvgIpc) is 3.08. The second-order valence-corrected chi connectivity index (χ2v) is 7.78. The van der Waals surface area contributed by atoms with Gasteiger partial charge in [0.2, 0.25) is 5.91 Å². The molecule has 2 aliphatic heterocycles. The minimum Gasteiger partial charge on any atom is -0.455 e. The quantitative estimate of drug-likeness (QED) is 0.666. The van der Waals surface area contributed by atoms with Gasteiger partial charge < -0.3 is 20.3 Å². The number of hydrogen-bond donors (Lipinski definition) is 2. The van der Waals surface area contributed by atoms with E-state index in [1.165, 1.54) is 0 Å². The molecule has 7 nitrogen and oxygen atoms in total. The molecule has 0 unspecified atom stereocenters. The highest BCUT2D eigenvalue weighted by molar-refractivity contribution is 6.08. The summed E-state index contributed by atoms with van der Waals surface area (Å²) in [6.45, 7) is 0.987. The summed E-state index contributed by atoms with van der Waals surface area (Å²) in [7, 11) is 0. The van der Waals surface area contributed by atoms with Crippen molar-refractivity contribution >= 4 is 23.3 Å². The van der Waals surface area contributed by atoms with Crippen LogP contribution in [0.2, 0.25) is 0 Å². The number of hydrogen-bond acceptors (Lipinski definition) is 4. The summed E-state index contributed by atoms with van der Waals surface area (Å²) in [6.07, 6.45) is 4.39. The van der Waals surface area contributed by atoms with Crippen molar-refractivity contribution in [2.24, 2.45) is 0 Å². The van der Waals surface area contributed by atoms with Crippen LogP contribution in [0.1, 0.15) is 18.4 Å². The maximum atomic E-state index is 13.1. The number of benzene rings is 2. The third kappa shape index (κ3) is 3.48. The number of likely N-dealkylation sites (tertiary alicyclic amines) is 1. The van der Waals surface area contributed by atoms with E-state index in [-0.39, 0.29) is 11.9 Å². The van der Waals surface area contributed by atoms with Crippen LogP contribution in [-0.4, -0.2) is 34.9 Å². The number of rotatable bonds is 3. The number of pyridine rings is 1. The summed E-state index contributed by atoms with van der Waals surface area (Å²) in [5.74, 6) is 1.32. The van der Waals surface area contributed by atoms with E-state index in [2.05, 4.69) is 15.6 Å². The maximum absolute atomic E-state index is 13.1. The molecule has 3 heterocycles. The molecule has 2 aromatic carbocycles. The predicted octanol–water partition coefficient (Wildman–Crippen LogP) is 4.39. The zero-order valence-corrected chi connectivity index (χ0v) is 16.9. The first kappa shape index (κ1) is 19.1. The van der Waals surface area contributed by atoms with Gasteiger partial charge >= 0.3 is 6.03 Å². The number of nitrogens with one attached hydrogen (secondary N) is 2. The van der Waals surface area contributed by atoms with E-state index in [1.807, 2.05) is 48.5 Å². The lowest BCUT2D eigenvalue weighted by Crippen LogP contribution is -2.49. The first-order valence-corrected chi connectivity index (χ1v) is 10.3. The molecule has 0 bridgehead atoms. The van der Waals surface area contributed by atoms with Gasteiger partial charge in [-0.3, -0.25) is 9.78 Å². The number of fused-ring (bicyclic) bond motifs is 2. The Hall–Kier alpha value is -3.87. The van der Waals surface area contributed by atoms with Gasteiger partial charge in [0.25, 0.3) is 0 Å². The van der Waals surface area contributed by atoms with Crippen molar-refractivity contribution in [2.45, 2.75) is 18.3 Å². The molecule has 5 rings (SSSR count). The normalized spacial score (nSPS) is 16.5. The monoisotopic (exact) mass is 414 g/mol. The van der Waals surface area contributed by atoms with E-state index in [1.54, 1.807) is 29.4 Å². The molecule has 1 spiro atoms. The van der Waals surface area contributed by atoms with Gasteiger partial charge in [-0.15, -0.1) is 0 Å². The topological polar surface area (TPSA) is 83.6 Å². The first-order chi connectivity index (χ1) is 15.2. The summed E-state index contributed by atoms with van der Waals surface area (Å²) in [6, 6.07) is 18.6. The molecule has 156 valence electrons. The van der Waals surface area contributed by atoms with Crippen LogP contribution in [0.15, 0.2) is 73.1 Å². The molecule has 7 heteroatoms. The Morgan fingerprint density at radius 1 is 1.00 bits per heavy atom. The fourth-order valence-electron chi connectivity index (χ4n) is 4.34. The minimum absolute atomic E-state index is 0.0270. The molecule has 1 saturated heterocycles. The molecule has 1 aromatic heterocycles. The van der Waals surface area contributed by atoms with Gasteiger partial charge in [0.05, 0.1) is 11.1 Å². The summed E-state index contributed by atoms with van der Waals surface area (Å²) < 4.78 is 6.03. The number of amides is 3. The largest absolute Gasteiger partial charge is 0.455 e. The molecule has 1 fully saturated rings. The molecule has 2 aliphatic rings. The van der Waals surface area contributed by atoms with Gasteiger partial charge in [0.15, 0.2) is 5.75 Å². The molecule has 2 N–H and O–H groups in total. The predicted molar refractivity (Wildman–Crippen MR) is 117 cm³/mol. The summed E-state index contributed by atoms with van der Waals surface area (Å²) in [5, 5.41) is 5.92. The van der Waals surface area contributed by atoms with Crippen LogP contribution in [0.3, 0.4) is 0 Å². The second-order valence-electron chi connectivity index (χ2n) is 7.78. The van der Waals surface area contributed by atoms with E-state index < -0.39 is 5.41 Å².